The van der Waals surface area contributed by atoms with Gasteiger partial charge in [0.2, 0.25) is 0 Å². The Morgan fingerprint density at radius 1 is 1.22 bits per heavy atom. The fourth-order valence-corrected chi connectivity index (χ4v) is 2.43. The minimum absolute atomic E-state index is 0.129. The summed E-state index contributed by atoms with van der Waals surface area (Å²) in [4.78, 5) is 0. The third-order valence-corrected chi connectivity index (χ3v) is 3.55. The highest BCUT2D eigenvalue weighted by Crippen LogP contribution is 2.34. The van der Waals surface area contributed by atoms with Crippen LogP contribution in [0.3, 0.4) is 0 Å². The minimum Gasteiger partial charge on any atom is -0.495 e. The number of halogens is 4. The Hall–Kier alpha value is -2.48. The predicted molar refractivity (Wildman–Crippen MR) is 79.4 cm³/mol. The van der Waals surface area contributed by atoms with Crippen molar-refractivity contribution in [3.8, 4) is 17.1 Å². The summed E-state index contributed by atoms with van der Waals surface area (Å²) in [5, 5.41) is 7.60. The van der Waals surface area contributed by atoms with E-state index in [9.17, 15) is 13.2 Å². The summed E-state index contributed by atoms with van der Waals surface area (Å²) in [5.74, 6) is 0.652. The topological polar surface area (TPSA) is 65.4 Å². The van der Waals surface area contributed by atoms with E-state index in [4.69, 9.17) is 22.1 Å². The highest BCUT2D eigenvalue weighted by molar-refractivity contribution is 6.33. The molecule has 0 amide bonds. The number of benzene rings is 1. The van der Waals surface area contributed by atoms with Crippen molar-refractivity contribution in [1.82, 2.24) is 14.6 Å². The van der Waals surface area contributed by atoms with E-state index in [1.54, 1.807) is 18.2 Å². The van der Waals surface area contributed by atoms with Crippen LogP contribution in [0.2, 0.25) is 5.02 Å². The number of aromatic nitrogens is 3. The van der Waals surface area contributed by atoms with E-state index in [1.165, 1.54) is 11.5 Å². The smallest absolute Gasteiger partial charge is 0.417 e. The Bertz CT molecular complexity index is 892. The lowest BCUT2D eigenvalue weighted by Gasteiger charge is -2.09. The van der Waals surface area contributed by atoms with Gasteiger partial charge in [0.15, 0.2) is 11.5 Å². The molecule has 5 nitrogen and oxygen atoms in total. The Balaban J connectivity index is 2.22. The number of hydrogen-bond acceptors (Lipinski definition) is 4. The maximum atomic E-state index is 12.9. The van der Waals surface area contributed by atoms with Gasteiger partial charge in [-0.1, -0.05) is 11.6 Å². The number of hydrogen-bond donors (Lipinski definition) is 1. The number of ether oxygens (including phenoxy) is 1. The number of nitrogen functional groups attached to an aromatic ring is 1. The standard InChI is InChI=1S/C14H10ClF3N4O/c1-23-11-3-2-7(4-10(11)19)12-20-21-13-9(15)5-8(6-22(12)13)14(16,17)18/h2-6H,19H2,1H3. The van der Waals surface area contributed by atoms with E-state index in [0.717, 1.165) is 12.3 Å². The summed E-state index contributed by atoms with van der Waals surface area (Å²) in [7, 11) is 1.47. The molecule has 2 aromatic heterocycles. The summed E-state index contributed by atoms with van der Waals surface area (Å²) < 4.78 is 45.1. The van der Waals surface area contributed by atoms with E-state index in [1.807, 2.05) is 0 Å². The van der Waals surface area contributed by atoms with Crippen LogP contribution in [0.1, 0.15) is 5.56 Å². The van der Waals surface area contributed by atoms with Crippen LogP contribution in [-0.4, -0.2) is 21.7 Å². The zero-order chi connectivity index (χ0) is 16.8. The van der Waals surface area contributed by atoms with Crippen LogP contribution in [0.4, 0.5) is 18.9 Å². The second kappa shape index (κ2) is 5.31. The highest BCUT2D eigenvalue weighted by Gasteiger charge is 2.32. The minimum atomic E-state index is -4.53. The first-order valence-electron chi connectivity index (χ1n) is 6.36. The molecule has 0 spiro atoms. The molecule has 0 aliphatic heterocycles. The molecule has 0 radical (unpaired) electrons. The van der Waals surface area contributed by atoms with Crippen LogP contribution >= 0.6 is 11.6 Å². The summed E-state index contributed by atoms with van der Waals surface area (Å²) in [6.45, 7) is 0. The maximum Gasteiger partial charge on any atom is 0.417 e. The summed E-state index contributed by atoms with van der Waals surface area (Å²) >= 11 is 5.88. The Morgan fingerprint density at radius 2 is 1.96 bits per heavy atom. The molecule has 2 N–H and O–H groups in total. The number of nitrogens with zero attached hydrogens (tertiary/aromatic N) is 3. The Labute approximate surface area is 133 Å². The fourth-order valence-electron chi connectivity index (χ4n) is 2.18. The van der Waals surface area contributed by atoms with E-state index >= 15 is 0 Å². The SMILES string of the molecule is COc1ccc(-c2nnc3c(Cl)cc(C(F)(F)F)cn23)cc1N. The van der Waals surface area contributed by atoms with E-state index in [0.29, 0.717) is 17.0 Å². The number of anilines is 1. The van der Waals surface area contributed by atoms with Crippen molar-refractivity contribution in [2.24, 2.45) is 0 Å². The zero-order valence-electron chi connectivity index (χ0n) is 11.7. The number of alkyl halides is 3. The Kier molecular flexibility index (Phi) is 3.56. The predicted octanol–water partition coefficient (Wildman–Crippen LogP) is 3.66. The van der Waals surface area contributed by atoms with Crippen molar-refractivity contribution in [1.29, 1.82) is 0 Å². The molecule has 0 unspecified atom stereocenters. The van der Waals surface area contributed by atoms with Gasteiger partial charge in [0.25, 0.3) is 0 Å². The molecule has 120 valence electrons. The summed E-state index contributed by atoms with van der Waals surface area (Å²) in [6.07, 6.45) is -3.63. The first-order valence-corrected chi connectivity index (χ1v) is 6.74. The third-order valence-electron chi connectivity index (χ3n) is 3.28. The van der Waals surface area contributed by atoms with Crippen LogP contribution in [0.25, 0.3) is 17.0 Å². The van der Waals surface area contributed by atoms with Crippen molar-refractivity contribution in [2.75, 3.05) is 12.8 Å². The largest absolute Gasteiger partial charge is 0.495 e. The van der Waals surface area contributed by atoms with Gasteiger partial charge in [-0.25, -0.2) is 0 Å². The molecule has 3 rings (SSSR count). The van der Waals surface area contributed by atoms with Crippen LogP contribution in [0.15, 0.2) is 30.5 Å². The van der Waals surface area contributed by atoms with E-state index < -0.39 is 11.7 Å². The molecular weight excluding hydrogens is 333 g/mol. The lowest BCUT2D eigenvalue weighted by molar-refractivity contribution is -0.137. The number of rotatable bonds is 2. The molecule has 2 heterocycles. The monoisotopic (exact) mass is 342 g/mol. The van der Waals surface area contributed by atoms with Crippen LogP contribution in [0.5, 0.6) is 5.75 Å². The van der Waals surface area contributed by atoms with Crippen molar-refractivity contribution in [3.05, 3.63) is 41.0 Å². The van der Waals surface area contributed by atoms with Gasteiger partial charge in [0, 0.05) is 11.8 Å². The fraction of sp³-hybridized carbons (Fsp3) is 0.143. The number of pyridine rings is 1. The van der Waals surface area contributed by atoms with Gasteiger partial charge in [-0.05, 0) is 24.3 Å². The second-order valence-electron chi connectivity index (χ2n) is 4.75. The molecule has 1 aromatic carbocycles. The average Bonchev–Trinajstić information content (AvgIpc) is 2.90. The molecule has 0 atom stereocenters. The maximum absolute atomic E-state index is 12.9. The average molecular weight is 343 g/mol. The van der Waals surface area contributed by atoms with Crippen LogP contribution in [0, 0.1) is 0 Å². The van der Waals surface area contributed by atoms with Crippen LogP contribution < -0.4 is 10.5 Å². The molecule has 9 heteroatoms. The molecule has 3 aromatic rings. The first-order chi connectivity index (χ1) is 10.8. The van der Waals surface area contributed by atoms with Crippen LogP contribution in [-0.2, 0) is 6.18 Å². The number of nitrogens with two attached hydrogens (primary N) is 1. The van der Waals surface area contributed by atoms with Crippen molar-refractivity contribution >= 4 is 22.9 Å². The molecule has 0 aliphatic rings. The quantitative estimate of drug-likeness (QED) is 0.722. The lowest BCUT2D eigenvalue weighted by Crippen LogP contribution is -2.07. The first kappa shape index (κ1) is 15.4. The molecule has 0 fully saturated rings. The van der Waals surface area contributed by atoms with Crippen molar-refractivity contribution in [2.45, 2.75) is 6.18 Å². The molecule has 0 saturated carbocycles. The van der Waals surface area contributed by atoms with E-state index in [-0.39, 0.29) is 16.5 Å². The molecular formula is C14H10ClF3N4O. The summed E-state index contributed by atoms with van der Waals surface area (Å²) in [6, 6.07) is 5.59. The molecule has 23 heavy (non-hydrogen) atoms. The van der Waals surface area contributed by atoms with Gasteiger partial charge >= 0.3 is 6.18 Å². The van der Waals surface area contributed by atoms with Gasteiger partial charge in [0.1, 0.15) is 5.75 Å². The van der Waals surface area contributed by atoms with Gasteiger partial charge < -0.3 is 10.5 Å². The molecule has 0 saturated heterocycles. The second-order valence-corrected chi connectivity index (χ2v) is 5.16. The van der Waals surface area contributed by atoms with Gasteiger partial charge in [-0.2, -0.15) is 13.2 Å². The molecule has 0 bridgehead atoms. The number of fused-ring (bicyclic) bond motifs is 1. The molecule has 0 aliphatic carbocycles. The van der Waals surface area contributed by atoms with Gasteiger partial charge in [-0.3, -0.25) is 4.40 Å². The normalized spacial score (nSPS) is 11.9. The Morgan fingerprint density at radius 3 is 2.57 bits per heavy atom. The highest BCUT2D eigenvalue weighted by atomic mass is 35.5. The third kappa shape index (κ3) is 2.65. The van der Waals surface area contributed by atoms with Gasteiger partial charge in [0.05, 0.1) is 23.4 Å². The zero-order valence-corrected chi connectivity index (χ0v) is 12.5. The number of methoxy groups -OCH3 is 1. The summed E-state index contributed by atoms with van der Waals surface area (Å²) in [5.41, 5.74) is 5.89. The van der Waals surface area contributed by atoms with Gasteiger partial charge in [-0.15, -0.1) is 10.2 Å². The van der Waals surface area contributed by atoms with Crippen molar-refractivity contribution in [3.63, 3.8) is 0 Å². The lowest BCUT2D eigenvalue weighted by atomic mass is 10.1. The van der Waals surface area contributed by atoms with E-state index in [2.05, 4.69) is 10.2 Å². The van der Waals surface area contributed by atoms with Crippen molar-refractivity contribution < 1.29 is 17.9 Å².